The number of carboxylic acid groups (broad SMARTS) is 1. The number of carboxylic acids is 1. The van der Waals surface area contributed by atoms with Crippen molar-refractivity contribution in [2.75, 3.05) is 5.75 Å². The molecule has 0 saturated heterocycles. The fourth-order valence-corrected chi connectivity index (χ4v) is 1.31. The molecule has 70 valence electrons. The van der Waals surface area contributed by atoms with Crippen molar-refractivity contribution < 1.29 is 14.3 Å². The molecule has 0 aliphatic heterocycles. The maximum absolute atomic E-state index is 12.8. The largest absolute Gasteiger partial charge is 0.478 e. The van der Waals surface area contributed by atoms with Gasteiger partial charge in [-0.2, -0.15) is 12.6 Å². The highest BCUT2D eigenvalue weighted by atomic mass is 32.1. The van der Waals surface area contributed by atoms with Gasteiger partial charge in [-0.15, -0.1) is 0 Å². The Kier molecular flexibility index (Phi) is 3.31. The van der Waals surface area contributed by atoms with Crippen molar-refractivity contribution in [1.29, 1.82) is 0 Å². The number of benzene rings is 1. The van der Waals surface area contributed by atoms with E-state index >= 15 is 0 Å². The number of thiol groups is 1. The van der Waals surface area contributed by atoms with Crippen LogP contribution in [0.2, 0.25) is 0 Å². The second-order valence-electron chi connectivity index (χ2n) is 2.63. The number of carbonyl (C=O) groups is 1. The van der Waals surface area contributed by atoms with Crippen molar-refractivity contribution in [3.8, 4) is 0 Å². The fraction of sp³-hybridized carbons (Fsp3) is 0.222. The van der Waals surface area contributed by atoms with E-state index in [0.29, 0.717) is 17.7 Å². The molecule has 2 nitrogen and oxygen atoms in total. The van der Waals surface area contributed by atoms with E-state index in [0.717, 1.165) is 6.07 Å². The maximum Gasteiger partial charge on any atom is 0.335 e. The average Bonchev–Trinajstić information content (AvgIpc) is 2.03. The topological polar surface area (TPSA) is 37.3 Å². The Bertz CT molecular complexity index is 325. The Morgan fingerprint density at radius 1 is 1.46 bits per heavy atom. The summed E-state index contributed by atoms with van der Waals surface area (Å²) in [4.78, 5) is 10.5. The summed E-state index contributed by atoms with van der Waals surface area (Å²) >= 11 is 3.98. The Balaban J connectivity index is 3.03. The SMILES string of the molecule is O=C(O)c1cc(F)cc(CCS)c1. The summed E-state index contributed by atoms with van der Waals surface area (Å²) in [6, 6.07) is 3.79. The van der Waals surface area contributed by atoms with Crippen LogP contribution in [0.15, 0.2) is 18.2 Å². The first-order valence-corrected chi connectivity index (χ1v) is 4.40. The minimum absolute atomic E-state index is 0.0169. The molecule has 0 unspecified atom stereocenters. The van der Waals surface area contributed by atoms with E-state index in [1.54, 1.807) is 0 Å². The van der Waals surface area contributed by atoms with Gasteiger partial charge in [-0.1, -0.05) is 0 Å². The van der Waals surface area contributed by atoms with E-state index in [9.17, 15) is 9.18 Å². The summed E-state index contributed by atoms with van der Waals surface area (Å²) in [5.74, 6) is -1.06. The maximum atomic E-state index is 12.8. The Morgan fingerprint density at radius 2 is 2.15 bits per heavy atom. The number of hydrogen-bond acceptors (Lipinski definition) is 2. The van der Waals surface area contributed by atoms with Crippen molar-refractivity contribution in [1.82, 2.24) is 0 Å². The van der Waals surface area contributed by atoms with E-state index in [2.05, 4.69) is 12.6 Å². The summed E-state index contributed by atoms with van der Waals surface area (Å²) < 4.78 is 12.8. The van der Waals surface area contributed by atoms with Gasteiger partial charge in [0.1, 0.15) is 5.82 Å². The molecular weight excluding hydrogens is 191 g/mol. The van der Waals surface area contributed by atoms with Crippen LogP contribution in [0.25, 0.3) is 0 Å². The molecule has 0 aliphatic rings. The first-order chi connectivity index (χ1) is 6.13. The number of aromatic carboxylic acids is 1. The van der Waals surface area contributed by atoms with Crippen LogP contribution in [-0.2, 0) is 6.42 Å². The molecule has 0 spiro atoms. The van der Waals surface area contributed by atoms with Crippen molar-refractivity contribution in [3.63, 3.8) is 0 Å². The highest BCUT2D eigenvalue weighted by Gasteiger charge is 2.06. The van der Waals surface area contributed by atoms with Crippen LogP contribution in [0.1, 0.15) is 15.9 Å². The molecule has 0 heterocycles. The molecule has 1 N–H and O–H groups in total. The zero-order chi connectivity index (χ0) is 9.84. The second kappa shape index (κ2) is 4.28. The van der Waals surface area contributed by atoms with Crippen LogP contribution < -0.4 is 0 Å². The molecule has 4 heteroatoms. The van der Waals surface area contributed by atoms with Gasteiger partial charge in [-0.25, -0.2) is 9.18 Å². The van der Waals surface area contributed by atoms with Gasteiger partial charge in [-0.3, -0.25) is 0 Å². The van der Waals surface area contributed by atoms with Crippen molar-refractivity contribution in [3.05, 3.63) is 35.1 Å². The highest BCUT2D eigenvalue weighted by molar-refractivity contribution is 7.80. The van der Waals surface area contributed by atoms with E-state index in [-0.39, 0.29) is 5.56 Å². The van der Waals surface area contributed by atoms with Gasteiger partial charge in [0.05, 0.1) is 5.56 Å². The summed E-state index contributed by atoms with van der Waals surface area (Å²) in [5, 5.41) is 8.62. The van der Waals surface area contributed by atoms with Crippen molar-refractivity contribution >= 4 is 18.6 Å². The molecule has 0 aliphatic carbocycles. The quantitative estimate of drug-likeness (QED) is 0.732. The third-order valence-corrected chi connectivity index (χ3v) is 1.83. The van der Waals surface area contributed by atoms with E-state index < -0.39 is 11.8 Å². The third kappa shape index (κ3) is 2.73. The number of rotatable bonds is 3. The average molecular weight is 200 g/mol. The molecule has 0 saturated carbocycles. The summed E-state index contributed by atoms with van der Waals surface area (Å²) in [6.45, 7) is 0. The van der Waals surface area contributed by atoms with Gasteiger partial charge in [0.15, 0.2) is 0 Å². The number of hydrogen-bond donors (Lipinski definition) is 2. The summed E-state index contributed by atoms with van der Waals surface area (Å²) in [6.07, 6.45) is 0.571. The van der Waals surface area contributed by atoms with E-state index in [1.807, 2.05) is 0 Å². The van der Waals surface area contributed by atoms with Crippen molar-refractivity contribution in [2.45, 2.75) is 6.42 Å². The van der Waals surface area contributed by atoms with Crippen LogP contribution in [-0.4, -0.2) is 16.8 Å². The minimum atomic E-state index is -1.11. The molecular formula is C9H9FO2S. The first-order valence-electron chi connectivity index (χ1n) is 3.77. The lowest BCUT2D eigenvalue weighted by Crippen LogP contribution is -1.99. The monoisotopic (exact) mass is 200 g/mol. The lowest BCUT2D eigenvalue weighted by atomic mass is 10.1. The standard InChI is InChI=1S/C9H9FO2S/c10-8-4-6(1-2-13)3-7(5-8)9(11)12/h3-5,13H,1-2H2,(H,11,12). The number of aryl methyl sites for hydroxylation is 1. The molecule has 0 bridgehead atoms. The van der Waals surface area contributed by atoms with Crippen LogP contribution >= 0.6 is 12.6 Å². The van der Waals surface area contributed by atoms with Gasteiger partial charge in [0.2, 0.25) is 0 Å². The normalized spacial score (nSPS) is 10.0. The molecule has 0 amide bonds. The van der Waals surface area contributed by atoms with Crippen LogP contribution in [0.4, 0.5) is 4.39 Å². The molecule has 0 aromatic heterocycles. The predicted molar refractivity (Wildman–Crippen MR) is 50.9 cm³/mol. The number of halogens is 1. The zero-order valence-corrected chi connectivity index (χ0v) is 7.72. The minimum Gasteiger partial charge on any atom is -0.478 e. The second-order valence-corrected chi connectivity index (χ2v) is 3.07. The van der Waals surface area contributed by atoms with Crippen molar-refractivity contribution in [2.24, 2.45) is 0 Å². The van der Waals surface area contributed by atoms with Crippen LogP contribution in [0.5, 0.6) is 0 Å². The fourth-order valence-electron chi connectivity index (χ4n) is 1.05. The molecule has 1 aromatic carbocycles. The summed E-state index contributed by atoms with van der Waals surface area (Å²) in [5.41, 5.74) is 0.643. The first kappa shape index (κ1) is 10.1. The molecule has 0 fully saturated rings. The molecule has 0 radical (unpaired) electrons. The molecule has 1 rings (SSSR count). The zero-order valence-electron chi connectivity index (χ0n) is 6.83. The summed E-state index contributed by atoms with van der Waals surface area (Å²) in [7, 11) is 0. The smallest absolute Gasteiger partial charge is 0.335 e. The van der Waals surface area contributed by atoms with Gasteiger partial charge in [-0.05, 0) is 35.9 Å². The van der Waals surface area contributed by atoms with Gasteiger partial charge in [0.25, 0.3) is 0 Å². The molecule has 13 heavy (non-hydrogen) atoms. The highest BCUT2D eigenvalue weighted by Crippen LogP contribution is 2.10. The van der Waals surface area contributed by atoms with Gasteiger partial charge in [0, 0.05) is 0 Å². The molecule has 0 atom stereocenters. The van der Waals surface area contributed by atoms with Crippen LogP contribution in [0, 0.1) is 5.82 Å². The lowest BCUT2D eigenvalue weighted by Gasteiger charge is -2.00. The Labute approximate surface area is 80.8 Å². The Morgan fingerprint density at radius 3 is 2.69 bits per heavy atom. The van der Waals surface area contributed by atoms with Gasteiger partial charge >= 0.3 is 5.97 Å². The van der Waals surface area contributed by atoms with E-state index in [1.165, 1.54) is 12.1 Å². The predicted octanol–water partition coefficient (Wildman–Crippen LogP) is 2.00. The van der Waals surface area contributed by atoms with Crippen LogP contribution in [0.3, 0.4) is 0 Å². The molecule has 1 aromatic rings. The third-order valence-electron chi connectivity index (χ3n) is 1.60. The lowest BCUT2D eigenvalue weighted by molar-refractivity contribution is 0.0696. The Hall–Kier alpha value is -1.03. The van der Waals surface area contributed by atoms with Gasteiger partial charge < -0.3 is 5.11 Å². The van der Waals surface area contributed by atoms with E-state index in [4.69, 9.17) is 5.11 Å².